The fraction of sp³-hybridized carbons (Fsp3) is 0.409. The van der Waals surface area contributed by atoms with Crippen LogP contribution in [0.15, 0.2) is 54.6 Å². The summed E-state index contributed by atoms with van der Waals surface area (Å²) in [5, 5.41) is 3.10. The maximum Gasteiger partial charge on any atom is 0.232 e. The highest BCUT2D eigenvalue weighted by atomic mass is 16.5. The Balaban J connectivity index is 1.70. The number of rotatable bonds is 6. The van der Waals surface area contributed by atoms with Gasteiger partial charge in [0, 0.05) is 24.5 Å². The van der Waals surface area contributed by atoms with Crippen LogP contribution in [0.2, 0.25) is 0 Å². The van der Waals surface area contributed by atoms with Gasteiger partial charge in [0.2, 0.25) is 5.91 Å². The largest absolute Gasteiger partial charge is 0.378 e. The minimum Gasteiger partial charge on any atom is -0.378 e. The van der Waals surface area contributed by atoms with E-state index in [0.29, 0.717) is 0 Å². The van der Waals surface area contributed by atoms with E-state index in [4.69, 9.17) is 4.74 Å². The van der Waals surface area contributed by atoms with Crippen molar-refractivity contribution in [2.45, 2.75) is 26.2 Å². The molecule has 0 aromatic heterocycles. The molecule has 26 heavy (non-hydrogen) atoms. The van der Waals surface area contributed by atoms with E-state index in [1.807, 2.05) is 42.5 Å². The van der Waals surface area contributed by atoms with Gasteiger partial charge in [0.05, 0.1) is 19.1 Å². The molecule has 4 nitrogen and oxygen atoms in total. The second kappa shape index (κ2) is 8.86. The maximum absolute atomic E-state index is 13.0. The van der Waals surface area contributed by atoms with Crippen molar-refractivity contribution in [1.29, 1.82) is 0 Å². The lowest BCUT2D eigenvalue weighted by molar-refractivity contribution is -0.118. The third-order valence-electron chi connectivity index (χ3n) is 5.17. The average molecular weight is 352 g/mol. The van der Waals surface area contributed by atoms with Gasteiger partial charge in [-0.1, -0.05) is 50.6 Å². The van der Waals surface area contributed by atoms with Crippen LogP contribution >= 0.6 is 0 Å². The monoisotopic (exact) mass is 352 g/mol. The Labute approximate surface area is 156 Å². The Morgan fingerprint density at radius 2 is 1.73 bits per heavy atom. The number of benzene rings is 2. The Morgan fingerprint density at radius 1 is 1.08 bits per heavy atom. The number of ether oxygens (including phenoxy) is 1. The Bertz CT molecular complexity index is 694. The summed E-state index contributed by atoms with van der Waals surface area (Å²) in [5.74, 6) is 0.204. The molecule has 0 aliphatic carbocycles. The molecule has 1 heterocycles. The van der Waals surface area contributed by atoms with Crippen molar-refractivity contribution in [1.82, 2.24) is 0 Å². The summed E-state index contributed by atoms with van der Waals surface area (Å²) in [6.07, 6.45) is 0.961. The first-order chi connectivity index (χ1) is 12.7. The van der Waals surface area contributed by atoms with Crippen LogP contribution in [0.4, 0.5) is 11.4 Å². The minimum atomic E-state index is -0.139. The number of anilines is 2. The van der Waals surface area contributed by atoms with Gasteiger partial charge in [-0.2, -0.15) is 0 Å². The first kappa shape index (κ1) is 18.5. The zero-order valence-electron chi connectivity index (χ0n) is 15.7. The molecule has 2 aromatic carbocycles. The summed E-state index contributed by atoms with van der Waals surface area (Å²) >= 11 is 0. The predicted molar refractivity (Wildman–Crippen MR) is 107 cm³/mol. The van der Waals surface area contributed by atoms with E-state index < -0.39 is 0 Å². The first-order valence-corrected chi connectivity index (χ1v) is 9.47. The fourth-order valence-corrected chi connectivity index (χ4v) is 3.43. The van der Waals surface area contributed by atoms with E-state index in [1.165, 1.54) is 5.69 Å². The van der Waals surface area contributed by atoms with Crippen molar-refractivity contribution in [3.8, 4) is 0 Å². The number of hydrogen-bond acceptors (Lipinski definition) is 3. The molecule has 1 amide bonds. The fourth-order valence-electron chi connectivity index (χ4n) is 3.43. The van der Waals surface area contributed by atoms with Gasteiger partial charge in [-0.05, 0) is 35.7 Å². The summed E-state index contributed by atoms with van der Waals surface area (Å²) in [4.78, 5) is 15.3. The molecule has 2 atom stereocenters. The van der Waals surface area contributed by atoms with Crippen molar-refractivity contribution in [3.63, 3.8) is 0 Å². The second-order valence-electron chi connectivity index (χ2n) is 6.91. The van der Waals surface area contributed by atoms with Gasteiger partial charge in [0.1, 0.15) is 0 Å². The van der Waals surface area contributed by atoms with Gasteiger partial charge in [-0.3, -0.25) is 4.79 Å². The number of hydrogen-bond donors (Lipinski definition) is 1. The molecule has 0 saturated carbocycles. The van der Waals surface area contributed by atoms with Gasteiger partial charge in [0.25, 0.3) is 0 Å². The highest BCUT2D eigenvalue weighted by Crippen LogP contribution is 2.29. The van der Waals surface area contributed by atoms with Gasteiger partial charge in [-0.25, -0.2) is 0 Å². The first-order valence-electron chi connectivity index (χ1n) is 9.47. The number of carbonyl (C=O) groups excluding carboxylic acids is 1. The van der Waals surface area contributed by atoms with E-state index in [-0.39, 0.29) is 17.7 Å². The Hall–Kier alpha value is -2.33. The minimum absolute atomic E-state index is 0.0599. The molecule has 1 fully saturated rings. The molecule has 1 aliphatic rings. The molecule has 2 aromatic rings. The normalized spacial score (nSPS) is 16.8. The van der Waals surface area contributed by atoms with Crippen molar-refractivity contribution < 1.29 is 9.53 Å². The molecule has 1 N–H and O–H groups in total. The molecule has 138 valence electrons. The summed E-state index contributed by atoms with van der Waals surface area (Å²) in [6, 6.07) is 18.2. The number of nitrogens with one attached hydrogen (secondary N) is 1. The summed E-state index contributed by atoms with van der Waals surface area (Å²) < 4.78 is 5.40. The van der Waals surface area contributed by atoms with E-state index in [1.54, 1.807) is 0 Å². The molecule has 0 bridgehead atoms. The summed E-state index contributed by atoms with van der Waals surface area (Å²) in [6.45, 7) is 7.63. The van der Waals surface area contributed by atoms with E-state index in [0.717, 1.165) is 44.0 Å². The Morgan fingerprint density at radius 3 is 2.35 bits per heavy atom. The predicted octanol–water partition coefficient (Wildman–Crippen LogP) is 4.29. The Kier molecular flexibility index (Phi) is 6.29. The molecular weight excluding hydrogens is 324 g/mol. The van der Waals surface area contributed by atoms with Crippen LogP contribution < -0.4 is 10.2 Å². The SMILES string of the molecule is CC[C@H](C)[C@H](C(=O)Nc1ccc(N2CCOCC2)cc1)c1ccccc1. The highest BCUT2D eigenvalue weighted by Gasteiger charge is 2.25. The molecule has 4 heteroatoms. The standard InChI is InChI=1S/C22H28N2O2/c1-3-17(2)21(18-7-5-4-6-8-18)22(25)23-19-9-11-20(12-10-19)24-13-15-26-16-14-24/h4-12,17,21H,3,13-16H2,1-2H3,(H,23,25)/t17-,21-/m0/s1. The molecule has 1 saturated heterocycles. The van der Waals surface area contributed by atoms with Crippen molar-refractivity contribution >= 4 is 17.3 Å². The van der Waals surface area contributed by atoms with Crippen LogP contribution in [0.3, 0.4) is 0 Å². The lowest BCUT2D eigenvalue weighted by Gasteiger charge is -2.29. The van der Waals surface area contributed by atoms with Crippen molar-refractivity contribution in [3.05, 3.63) is 60.2 Å². The topological polar surface area (TPSA) is 41.6 Å². The van der Waals surface area contributed by atoms with Crippen LogP contribution in [-0.2, 0) is 9.53 Å². The van der Waals surface area contributed by atoms with Crippen LogP contribution in [0.5, 0.6) is 0 Å². The van der Waals surface area contributed by atoms with E-state index >= 15 is 0 Å². The van der Waals surface area contributed by atoms with Crippen molar-refractivity contribution in [2.24, 2.45) is 5.92 Å². The molecule has 0 unspecified atom stereocenters. The van der Waals surface area contributed by atoms with Crippen LogP contribution in [0, 0.1) is 5.92 Å². The van der Waals surface area contributed by atoms with Crippen LogP contribution in [-0.4, -0.2) is 32.2 Å². The third-order valence-corrected chi connectivity index (χ3v) is 5.17. The number of carbonyl (C=O) groups is 1. The molecule has 0 spiro atoms. The van der Waals surface area contributed by atoms with Crippen molar-refractivity contribution in [2.75, 3.05) is 36.5 Å². The second-order valence-corrected chi connectivity index (χ2v) is 6.91. The number of morpholine rings is 1. The molecule has 0 radical (unpaired) electrons. The van der Waals surface area contributed by atoms with E-state index in [9.17, 15) is 4.79 Å². The van der Waals surface area contributed by atoms with Crippen LogP contribution in [0.25, 0.3) is 0 Å². The highest BCUT2D eigenvalue weighted by molar-refractivity contribution is 5.96. The average Bonchev–Trinajstić information content (AvgIpc) is 2.70. The molecule has 3 rings (SSSR count). The van der Waals surface area contributed by atoms with Gasteiger partial charge >= 0.3 is 0 Å². The van der Waals surface area contributed by atoms with Gasteiger partial charge < -0.3 is 15.0 Å². The molecule has 1 aliphatic heterocycles. The summed E-state index contributed by atoms with van der Waals surface area (Å²) in [7, 11) is 0. The van der Waals surface area contributed by atoms with Crippen LogP contribution in [0.1, 0.15) is 31.7 Å². The lowest BCUT2D eigenvalue weighted by Crippen LogP contribution is -2.36. The maximum atomic E-state index is 13.0. The van der Waals surface area contributed by atoms with Gasteiger partial charge in [0.15, 0.2) is 0 Å². The zero-order valence-corrected chi connectivity index (χ0v) is 15.7. The lowest BCUT2D eigenvalue weighted by atomic mass is 9.85. The number of amides is 1. The molecular formula is C22H28N2O2. The summed E-state index contributed by atoms with van der Waals surface area (Å²) in [5.41, 5.74) is 3.09. The zero-order chi connectivity index (χ0) is 18.4. The third kappa shape index (κ3) is 4.44. The smallest absolute Gasteiger partial charge is 0.232 e. The quantitative estimate of drug-likeness (QED) is 0.843. The van der Waals surface area contributed by atoms with Gasteiger partial charge in [-0.15, -0.1) is 0 Å². The number of nitrogens with zero attached hydrogens (tertiary/aromatic N) is 1. The van der Waals surface area contributed by atoms with E-state index in [2.05, 4.69) is 36.2 Å².